The molecule has 0 unspecified atom stereocenters. The number of amides is 1. The fraction of sp³-hybridized carbons (Fsp3) is 0. The predicted molar refractivity (Wildman–Crippen MR) is 47.1 cm³/mol. The van der Waals surface area contributed by atoms with Crippen LogP contribution in [0.1, 0.15) is 10.4 Å². The summed E-state index contributed by atoms with van der Waals surface area (Å²) >= 11 is 2.74. The first-order valence-electron chi connectivity index (χ1n) is 3.56. The summed E-state index contributed by atoms with van der Waals surface area (Å²) in [6.07, 6.45) is 0. The van der Waals surface area contributed by atoms with Crippen molar-refractivity contribution >= 4 is 33.5 Å². The van der Waals surface area contributed by atoms with Gasteiger partial charge in [-0.3, -0.25) is 9.59 Å². The third-order valence-corrected chi connectivity index (χ3v) is 2.55. The Kier molecular flexibility index (Phi) is 1.88. The molecule has 1 amide bonds. The van der Waals surface area contributed by atoms with Crippen LogP contribution in [0.15, 0.2) is 12.1 Å². The maximum Gasteiger partial charge on any atom is 0.309 e. The van der Waals surface area contributed by atoms with E-state index >= 15 is 0 Å². The van der Waals surface area contributed by atoms with Crippen LogP contribution in [-0.4, -0.2) is 11.7 Å². The van der Waals surface area contributed by atoms with Crippen molar-refractivity contribution in [2.24, 2.45) is 0 Å². The number of fused-ring (bicyclic) bond motifs is 1. The molecule has 0 spiro atoms. The van der Waals surface area contributed by atoms with E-state index in [9.17, 15) is 18.4 Å². The summed E-state index contributed by atoms with van der Waals surface area (Å²) in [6, 6.07) is 1.48. The Morgan fingerprint density at radius 1 is 1.21 bits per heavy atom. The lowest BCUT2D eigenvalue weighted by Gasteiger charge is -2.04. The number of hydrogen-bond acceptors (Lipinski definition) is 2. The summed E-state index contributed by atoms with van der Waals surface area (Å²) in [6.45, 7) is 0. The molecule has 0 saturated carbocycles. The van der Waals surface area contributed by atoms with Gasteiger partial charge >= 0.3 is 5.91 Å². The molecule has 0 bridgehead atoms. The zero-order valence-corrected chi connectivity index (χ0v) is 8.14. The Labute approximate surface area is 85.6 Å². The maximum absolute atomic E-state index is 13.1. The van der Waals surface area contributed by atoms with Gasteiger partial charge in [0.2, 0.25) is 0 Å². The van der Waals surface area contributed by atoms with Crippen LogP contribution < -0.4 is 3.93 Å². The first-order valence-corrected chi connectivity index (χ1v) is 4.27. The van der Waals surface area contributed by atoms with Crippen LogP contribution in [0.2, 0.25) is 0 Å². The highest BCUT2D eigenvalue weighted by atomic mass is 79.9. The van der Waals surface area contributed by atoms with E-state index in [0.717, 1.165) is 9.99 Å². The molecule has 1 aromatic rings. The van der Waals surface area contributed by atoms with Crippen LogP contribution in [0.4, 0.5) is 14.5 Å². The van der Waals surface area contributed by atoms with E-state index in [0.29, 0.717) is 6.07 Å². The minimum atomic E-state index is -1.03. The molecule has 1 aliphatic rings. The SMILES string of the molecule is O=C1C(=O)N(Br)c2cc(F)cc(F)c21. The molecule has 0 N–H and O–H groups in total. The van der Waals surface area contributed by atoms with Crippen LogP contribution in [0.5, 0.6) is 0 Å². The number of anilines is 1. The van der Waals surface area contributed by atoms with Crippen LogP contribution in [0.25, 0.3) is 0 Å². The third kappa shape index (κ3) is 1.07. The molecular formula is C8H2BrF2NO2. The molecule has 2 rings (SSSR count). The summed E-state index contributed by atoms with van der Waals surface area (Å²) in [5.41, 5.74) is -0.495. The number of nitrogens with zero attached hydrogens (tertiary/aromatic N) is 1. The summed E-state index contributed by atoms with van der Waals surface area (Å²) in [4.78, 5) is 22.2. The Bertz CT molecular complexity index is 461. The largest absolute Gasteiger partial charge is 0.309 e. The van der Waals surface area contributed by atoms with E-state index in [1.54, 1.807) is 0 Å². The summed E-state index contributed by atoms with van der Waals surface area (Å²) in [5.74, 6) is -3.77. The summed E-state index contributed by atoms with van der Waals surface area (Å²) < 4.78 is 26.6. The van der Waals surface area contributed by atoms with E-state index in [2.05, 4.69) is 16.1 Å². The van der Waals surface area contributed by atoms with Crippen LogP contribution in [0.3, 0.4) is 0 Å². The number of carbonyl (C=O) groups excluding carboxylic acids is 2. The molecule has 1 aliphatic heterocycles. The molecule has 0 saturated heterocycles. The summed E-state index contributed by atoms with van der Waals surface area (Å²) in [5, 5.41) is 0. The van der Waals surface area contributed by atoms with Crippen molar-refractivity contribution in [1.29, 1.82) is 0 Å². The van der Waals surface area contributed by atoms with Crippen LogP contribution in [0, 0.1) is 11.6 Å². The molecule has 0 radical (unpaired) electrons. The molecule has 0 fully saturated rings. The van der Waals surface area contributed by atoms with Gasteiger partial charge in [-0.15, -0.1) is 0 Å². The van der Waals surface area contributed by atoms with Gasteiger partial charge in [-0.05, 0) is 6.07 Å². The Hall–Kier alpha value is -1.30. The molecular weight excluding hydrogens is 260 g/mol. The van der Waals surface area contributed by atoms with Crippen molar-refractivity contribution < 1.29 is 18.4 Å². The number of halogens is 3. The van der Waals surface area contributed by atoms with Gasteiger partial charge in [0.05, 0.1) is 27.4 Å². The molecule has 0 aliphatic carbocycles. The molecule has 1 heterocycles. The van der Waals surface area contributed by atoms with Gasteiger partial charge in [0.15, 0.2) is 0 Å². The van der Waals surface area contributed by atoms with Crippen molar-refractivity contribution in [3.05, 3.63) is 29.3 Å². The number of benzene rings is 1. The minimum Gasteiger partial charge on any atom is -0.283 e. The van der Waals surface area contributed by atoms with Crippen molar-refractivity contribution in [2.45, 2.75) is 0 Å². The lowest BCUT2D eigenvalue weighted by molar-refractivity contribution is -0.113. The van der Waals surface area contributed by atoms with Gasteiger partial charge in [0, 0.05) is 6.07 Å². The average molecular weight is 262 g/mol. The average Bonchev–Trinajstić information content (AvgIpc) is 2.31. The zero-order valence-electron chi connectivity index (χ0n) is 6.55. The Morgan fingerprint density at radius 3 is 2.50 bits per heavy atom. The molecule has 3 nitrogen and oxygen atoms in total. The van der Waals surface area contributed by atoms with Gasteiger partial charge in [0.25, 0.3) is 5.78 Å². The number of hydrogen-bond donors (Lipinski definition) is 0. The second-order valence-corrected chi connectivity index (χ2v) is 3.41. The second kappa shape index (κ2) is 2.84. The molecule has 72 valence electrons. The van der Waals surface area contributed by atoms with Crippen LogP contribution in [-0.2, 0) is 4.79 Å². The smallest absolute Gasteiger partial charge is 0.283 e. The number of Topliss-reactive ketones (excluding diaryl/α,β-unsaturated/α-hetero) is 1. The van der Waals surface area contributed by atoms with E-state index in [-0.39, 0.29) is 5.69 Å². The molecule has 0 atom stereocenters. The van der Waals surface area contributed by atoms with E-state index in [4.69, 9.17) is 0 Å². The lowest BCUT2D eigenvalue weighted by atomic mass is 10.1. The number of rotatable bonds is 0. The molecule has 0 aromatic heterocycles. The normalized spacial score (nSPS) is 14.9. The highest BCUT2D eigenvalue weighted by molar-refractivity contribution is 9.10. The molecule has 14 heavy (non-hydrogen) atoms. The standard InChI is InChI=1S/C8H2BrF2NO2/c9-12-5-2-3(10)1-4(11)6(5)7(13)8(12)14/h1-2H. The van der Waals surface area contributed by atoms with E-state index < -0.39 is 28.9 Å². The van der Waals surface area contributed by atoms with Crippen molar-refractivity contribution in [1.82, 2.24) is 0 Å². The molecule has 1 aromatic carbocycles. The van der Waals surface area contributed by atoms with Crippen molar-refractivity contribution in [2.75, 3.05) is 3.93 Å². The number of ketones is 1. The lowest BCUT2D eigenvalue weighted by Crippen LogP contribution is -2.19. The Balaban J connectivity index is 2.75. The van der Waals surface area contributed by atoms with E-state index in [1.807, 2.05) is 0 Å². The molecule has 6 heteroatoms. The van der Waals surface area contributed by atoms with Gasteiger partial charge in [-0.25, -0.2) is 12.7 Å². The number of carbonyl (C=O) groups is 2. The second-order valence-electron chi connectivity index (χ2n) is 2.70. The van der Waals surface area contributed by atoms with Crippen LogP contribution >= 0.6 is 16.1 Å². The van der Waals surface area contributed by atoms with Gasteiger partial charge in [-0.1, -0.05) is 0 Å². The Morgan fingerprint density at radius 2 is 1.86 bits per heavy atom. The van der Waals surface area contributed by atoms with Gasteiger partial charge < -0.3 is 0 Å². The quantitative estimate of drug-likeness (QED) is 0.528. The van der Waals surface area contributed by atoms with E-state index in [1.165, 1.54) is 0 Å². The predicted octanol–water partition coefficient (Wildman–Crippen LogP) is 1.80. The van der Waals surface area contributed by atoms with Crippen molar-refractivity contribution in [3.63, 3.8) is 0 Å². The third-order valence-electron chi connectivity index (χ3n) is 1.85. The van der Waals surface area contributed by atoms with Gasteiger partial charge in [-0.2, -0.15) is 0 Å². The maximum atomic E-state index is 13.1. The minimum absolute atomic E-state index is 0.0995. The van der Waals surface area contributed by atoms with Gasteiger partial charge in [0.1, 0.15) is 11.6 Å². The first-order chi connectivity index (χ1) is 6.52. The summed E-state index contributed by atoms with van der Waals surface area (Å²) in [7, 11) is 0. The van der Waals surface area contributed by atoms with Crippen molar-refractivity contribution in [3.8, 4) is 0 Å². The topological polar surface area (TPSA) is 37.4 Å². The highest BCUT2D eigenvalue weighted by Crippen LogP contribution is 2.33. The highest BCUT2D eigenvalue weighted by Gasteiger charge is 2.37. The monoisotopic (exact) mass is 261 g/mol. The zero-order chi connectivity index (χ0) is 10.5. The fourth-order valence-electron chi connectivity index (χ4n) is 1.25. The fourth-order valence-corrected chi connectivity index (χ4v) is 1.69. The first kappa shape index (κ1) is 9.26.